The number of alkyl carbamates (subject to hydrolysis) is 1. The van der Waals surface area contributed by atoms with Crippen LogP contribution in [-0.2, 0) is 9.47 Å². The molecule has 0 spiro atoms. The first-order chi connectivity index (χ1) is 9.28. The van der Waals surface area contributed by atoms with E-state index in [1.807, 2.05) is 27.7 Å². The second kappa shape index (κ2) is 7.84. The van der Waals surface area contributed by atoms with E-state index in [0.29, 0.717) is 12.0 Å². The molecule has 0 aromatic carbocycles. The summed E-state index contributed by atoms with van der Waals surface area (Å²) >= 11 is 0. The van der Waals surface area contributed by atoms with Crippen LogP contribution in [0.25, 0.3) is 0 Å². The molecule has 0 aliphatic carbocycles. The molecule has 0 bridgehead atoms. The first-order valence-electron chi connectivity index (χ1n) is 7.58. The number of amides is 1. The van der Waals surface area contributed by atoms with Gasteiger partial charge in [0.2, 0.25) is 0 Å². The lowest BCUT2D eigenvalue weighted by molar-refractivity contribution is 0.0506. The van der Waals surface area contributed by atoms with Crippen molar-refractivity contribution in [3.05, 3.63) is 0 Å². The Morgan fingerprint density at radius 2 is 2.10 bits per heavy atom. The monoisotopic (exact) mass is 286 g/mol. The van der Waals surface area contributed by atoms with Gasteiger partial charge < -0.3 is 20.1 Å². The Morgan fingerprint density at radius 1 is 1.40 bits per heavy atom. The van der Waals surface area contributed by atoms with Crippen molar-refractivity contribution in [1.82, 2.24) is 10.6 Å². The van der Waals surface area contributed by atoms with E-state index in [1.54, 1.807) is 0 Å². The van der Waals surface area contributed by atoms with E-state index in [9.17, 15) is 4.79 Å². The summed E-state index contributed by atoms with van der Waals surface area (Å²) < 4.78 is 10.6. The Kier molecular flexibility index (Phi) is 6.76. The minimum Gasteiger partial charge on any atom is -0.444 e. The third-order valence-corrected chi connectivity index (χ3v) is 3.48. The first-order valence-corrected chi connectivity index (χ1v) is 7.58. The lowest BCUT2D eigenvalue weighted by atomic mass is 10.0. The minimum absolute atomic E-state index is 0.101. The summed E-state index contributed by atoms with van der Waals surface area (Å²) in [5.74, 6) is 0.615. The van der Waals surface area contributed by atoms with Crippen LogP contribution in [0.1, 0.15) is 47.5 Å². The summed E-state index contributed by atoms with van der Waals surface area (Å²) in [6.45, 7) is 12.4. The van der Waals surface area contributed by atoms with Crippen LogP contribution < -0.4 is 10.6 Å². The highest BCUT2D eigenvalue weighted by Gasteiger charge is 2.22. The second-order valence-electron chi connectivity index (χ2n) is 6.70. The molecule has 5 heteroatoms. The molecular weight excluding hydrogens is 256 g/mol. The lowest BCUT2D eigenvalue weighted by Gasteiger charge is -2.23. The van der Waals surface area contributed by atoms with Crippen LogP contribution in [0, 0.1) is 5.92 Å². The number of ether oxygens (including phenoxy) is 2. The van der Waals surface area contributed by atoms with E-state index >= 15 is 0 Å². The van der Waals surface area contributed by atoms with Crippen LogP contribution in [-0.4, -0.2) is 43.5 Å². The fraction of sp³-hybridized carbons (Fsp3) is 0.933. The lowest BCUT2D eigenvalue weighted by Crippen LogP contribution is -2.40. The number of hydrogen-bond donors (Lipinski definition) is 2. The van der Waals surface area contributed by atoms with Gasteiger partial charge >= 0.3 is 6.09 Å². The summed E-state index contributed by atoms with van der Waals surface area (Å²) in [7, 11) is 0. The van der Waals surface area contributed by atoms with E-state index in [4.69, 9.17) is 9.47 Å². The summed E-state index contributed by atoms with van der Waals surface area (Å²) in [5.41, 5.74) is -0.445. The normalized spacial score (nSPS) is 22.4. The summed E-state index contributed by atoms with van der Waals surface area (Å²) in [6, 6.07) is 0.565. The number of carbonyl (C=O) groups excluding carboxylic acids is 1. The highest BCUT2D eigenvalue weighted by Crippen LogP contribution is 2.16. The van der Waals surface area contributed by atoms with Gasteiger partial charge in [0.1, 0.15) is 5.60 Å². The quantitative estimate of drug-likeness (QED) is 0.786. The molecule has 0 aromatic heterocycles. The predicted molar refractivity (Wildman–Crippen MR) is 79.8 cm³/mol. The van der Waals surface area contributed by atoms with E-state index < -0.39 is 5.60 Å². The van der Waals surface area contributed by atoms with Gasteiger partial charge in [-0.1, -0.05) is 0 Å². The maximum Gasteiger partial charge on any atom is 0.407 e. The Labute approximate surface area is 122 Å². The number of rotatable bonds is 6. The van der Waals surface area contributed by atoms with Crippen molar-refractivity contribution in [3.63, 3.8) is 0 Å². The molecule has 1 aliphatic rings. The molecule has 1 aliphatic heterocycles. The molecule has 20 heavy (non-hydrogen) atoms. The zero-order valence-corrected chi connectivity index (χ0v) is 13.5. The molecule has 3 unspecified atom stereocenters. The average Bonchev–Trinajstić information content (AvgIpc) is 2.78. The fourth-order valence-corrected chi connectivity index (χ4v) is 2.22. The van der Waals surface area contributed by atoms with E-state index in [0.717, 1.165) is 32.6 Å². The Morgan fingerprint density at radius 3 is 2.65 bits per heavy atom. The third kappa shape index (κ3) is 7.10. The van der Waals surface area contributed by atoms with Gasteiger partial charge in [0, 0.05) is 18.7 Å². The molecule has 0 aromatic rings. The van der Waals surface area contributed by atoms with Crippen LogP contribution in [0.3, 0.4) is 0 Å². The zero-order valence-electron chi connectivity index (χ0n) is 13.5. The minimum atomic E-state index is -0.445. The van der Waals surface area contributed by atoms with Gasteiger partial charge in [-0.15, -0.1) is 0 Å². The summed E-state index contributed by atoms with van der Waals surface area (Å²) in [4.78, 5) is 11.6. The summed E-state index contributed by atoms with van der Waals surface area (Å²) in [5, 5.41) is 6.36. The Balaban J connectivity index is 2.13. The van der Waals surface area contributed by atoms with Gasteiger partial charge in [-0.2, -0.15) is 0 Å². The highest BCUT2D eigenvalue weighted by atomic mass is 16.6. The van der Waals surface area contributed by atoms with Gasteiger partial charge in [-0.3, -0.25) is 0 Å². The van der Waals surface area contributed by atoms with E-state index in [2.05, 4.69) is 17.6 Å². The average molecular weight is 286 g/mol. The molecule has 5 nitrogen and oxygen atoms in total. The molecule has 1 saturated heterocycles. The van der Waals surface area contributed by atoms with Crippen LogP contribution in [0.15, 0.2) is 0 Å². The van der Waals surface area contributed by atoms with Gasteiger partial charge in [0.25, 0.3) is 0 Å². The van der Waals surface area contributed by atoms with Crippen molar-refractivity contribution >= 4 is 6.09 Å². The van der Waals surface area contributed by atoms with Gasteiger partial charge in [0.15, 0.2) is 0 Å². The first kappa shape index (κ1) is 17.2. The van der Waals surface area contributed by atoms with Gasteiger partial charge in [-0.05, 0) is 59.9 Å². The molecule has 1 rings (SSSR count). The largest absolute Gasteiger partial charge is 0.444 e. The maximum atomic E-state index is 11.6. The van der Waals surface area contributed by atoms with Crippen LogP contribution >= 0.6 is 0 Å². The summed E-state index contributed by atoms with van der Waals surface area (Å²) in [6.07, 6.45) is 1.68. The molecule has 1 amide bonds. The van der Waals surface area contributed by atoms with Crippen LogP contribution in [0.4, 0.5) is 4.79 Å². The highest BCUT2D eigenvalue weighted by molar-refractivity contribution is 5.67. The predicted octanol–water partition coefficient (Wildman–Crippen LogP) is 2.30. The van der Waals surface area contributed by atoms with Gasteiger partial charge in [-0.25, -0.2) is 4.79 Å². The molecule has 1 heterocycles. The SMILES string of the molecule is CC(CCNC(C)C1CCOC1)NC(=O)OC(C)(C)C. The van der Waals surface area contributed by atoms with Crippen LogP contribution in [0.5, 0.6) is 0 Å². The molecular formula is C15H30N2O3. The van der Waals surface area contributed by atoms with Crippen molar-refractivity contribution < 1.29 is 14.3 Å². The van der Waals surface area contributed by atoms with Crippen molar-refractivity contribution in [1.29, 1.82) is 0 Å². The van der Waals surface area contributed by atoms with Crippen molar-refractivity contribution in [2.45, 2.75) is 65.1 Å². The van der Waals surface area contributed by atoms with Gasteiger partial charge in [0.05, 0.1) is 6.61 Å². The van der Waals surface area contributed by atoms with E-state index in [1.165, 1.54) is 0 Å². The smallest absolute Gasteiger partial charge is 0.407 e. The number of hydrogen-bond acceptors (Lipinski definition) is 4. The standard InChI is InChI=1S/C15H30N2O3/c1-11(17-14(18)20-15(3,4)5)6-8-16-12(2)13-7-9-19-10-13/h11-13,16H,6-10H2,1-5H3,(H,17,18). The molecule has 2 N–H and O–H groups in total. The third-order valence-electron chi connectivity index (χ3n) is 3.48. The van der Waals surface area contributed by atoms with Crippen LogP contribution in [0.2, 0.25) is 0 Å². The molecule has 0 saturated carbocycles. The van der Waals surface area contributed by atoms with Crippen molar-refractivity contribution in [2.24, 2.45) is 5.92 Å². The fourth-order valence-electron chi connectivity index (χ4n) is 2.22. The number of carbonyl (C=O) groups is 1. The van der Waals surface area contributed by atoms with Crippen molar-refractivity contribution in [2.75, 3.05) is 19.8 Å². The number of nitrogens with one attached hydrogen (secondary N) is 2. The maximum absolute atomic E-state index is 11.6. The molecule has 0 radical (unpaired) electrons. The van der Waals surface area contributed by atoms with E-state index in [-0.39, 0.29) is 12.1 Å². The molecule has 3 atom stereocenters. The molecule has 118 valence electrons. The topological polar surface area (TPSA) is 59.6 Å². The molecule has 1 fully saturated rings. The zero-order chi connectivity index (χ0) is 15.2. The second-order valence-corrected chi connectivity index (χ2v) is 6.70. The van der Waals surface area contributed by atoms with Crippen molar-refractivity contribution in [3.8, 4) is 0 Å². The Bertz CT molecular complexity index is 296. The Hall–Kier alpha value is -0.810.